The summed E-state index contributed by atoms with van der Waals surface area (Å²) in [5.41, 5.74) is 0. The SMILES string of the molecule is CCCCCCCCCCCCC/C=C/[C@@H](O)[C@H](CO[C@@H]1O[C@H](CO)[C@H](O)C(O)C1O)NC(=O)CCCCCCCCCCCCCCCCCCCCCCCCCC. The van der Waals surface area contributed by atoms with Crippen molar-refractivity contribution in [3.05, 3.63) is 12.2 Å². The Kier molecular flexibility index (Phi) is 39.8. The molecule has 1 aliphatic heterocycles. The predicted molar refractivity (Wildman–Crippen MR) is 249 cm³/mol. The van der Waals surface area contributed by atoms with Crippen molar-refractivity contribution in [2.75, 3.05) is 13.2 Å². The van der Waals surface area contributed by atoms with Crippen molar-refractivity contribution in [3.8, 4) is 0 Å². The second-order valence-corrected chi connectivity index (χ2v) is 18.3. The molecule has 1 saturated heterocycles. The summed E-state index contributed by atoms with van der Waals surface area (Å²) in [6.07, 6.45) is 42.7. The number of nitrogens with one attached hydrogen (secondary N) is 1. The molecule has 1 rings (SSSR count). The van der Waals surface area contributed by atoms with Crippen molar-refractivity contribution >= 4 is 5.91 Å². The Balaban J connectivity index is 2.22. The molecule has 1 heterocycles. The van der Waals surface area contributed by atoms with E-state index in [2.05, 4.69) is 19.2 Å². The number of ether oxygens (including phenoxy) is 2. The molecule has 356 valence electrons. The number of carbonyl (C=O) groups is 1. The van der Waals surface area contributed by atoms with Crippen molar-refractivity contribution < 1.29 is 39.8 Å². The van der Waals surface area contributed by atoms with Gasteiger partial charge >= 0.3 is 0 Å². The van der Waals surface area contributed by atoms with Gasteiger partial charge in [-0.05, 0) is 19.3 Å². The van der Waals surface area contributed by atoms with Gasteiger partial charge in [-0.3, -0.25) is 4.79 Å². The summed E-state index contributed by atoms with van der Waals surface area (Å²) < 4.78 is 11.2. The zero-order valence-corrected chi connectivity index (χ0v) is 39.2. The number of aliphatic hydroxyl groups is 5. The van der Waals surface area contributed by atoms with E-state index in [1.165, 1.54) is 193 Å². The Bertz CT molecular complexity index is 950. The normalized spacial score (nSPS) is 20.6. The minimum Gasteiger partial charge on any atom is -0.394 e. The van der Waals surface area contributed by atoms with Crippen LogP contribution < -0.4 is 5.32 Å². The Morgan fingerprint density at radius 1 is 0.550 bits per heavy atom. The number of carbonyl (C=O) groups excluding carboxylic acids is 1. The van der Waals surface area contributed by atoms with Crippen LogP contribution in [0.2, 0.25) is 0 Å². The van der Waals surface area contributed by atoms with E-state index in [1.807, 2.05) is 6.08 Å². The average molecular weight is 854 g/mol. The topological polar surface area (TPSA) is 149 Å². The van der Waals surface area contributed by atoms with E-state index in [0.29, 0.717) is 6.42 Å². The maximum absolute atomic E-state index is 13.0. The first-order valence-corrected chi connectivity index (χ1v) is 25.9. The fourth-order valence-corrected chi connectivity index (χ4v) is 8.45. The second-order valence-electron chi connectivity index (χ2n) is 18.3. The third-order valence-electron chi connectivity index (χ3n) is 12.6. The molecule has 0 aromatic rings. The fraction of sp³-hybridized carbons (Fsp3) is 0.941. The van der Waals surface area contributed by atoms with Crippen LogP contribution in [-0.4, -0.2) is 87.5 Å². The Hall–Kier alpha value is -1.07. The molecule has 1 aliphatic rings. The number of amides is 1. The number of rotatable bonds is 44. The lowest BCUT2D eigenvalue weighted by Crippen LogP contribution is -2.60. The van der Waals surface area contributed by atoms with E-state index in [1.54, 1.807) is 6.08 Å². The van der Waals surface area contributed by atoms with Gasteiger partial charge in [0.15, 0.2) is 6.29 Å². The van der Waals surface area contributed by atoms with Crippen LogP contribution in [0.15, 0.2) is 12.2 Å². The molecule has 9 heteroatoms. The summed E-state index contributed by atoms with van der Waals surface area (Å²) in [7, 11) is 0. The summed E-state index contributed by atoms with van der Waals surface area (Å²) in [6, 6.07) is -0.798. The van der Waals surface area contributed by atoms with E-state index in [0.717, 1.165) is 38.5 Å². The van der Waals surface area contributed by atoms with Gasteiger partial charge in [0.2, 0.25) is 5.91 Å². The molecule has 1 amide bonds. The van der Waals surface area contributed by atoms with Gasteiger partial charge in [0.25, 0.3) is 0 Å². The highest BCUT2D eigenvalue weighted by molar-refractivity contribution is 5.76. The van der Waals surface area contributed by atoms with Crippen molar-refractivity contribution in [3.63, 3.8) is 0 Å². The molecule has 0 radical (unpaired) electrons. The van der Waals surface area contributed by atoms with E-state index in [-0.39, 0.29) is 12.5 Å². The quantitative estimate of drug-likeness (QED) is 0.0262. The lowest BCUT2D eigenvalue weighted by molar-refractivity contribution is -0.302. The molecular weight excluding hydrogens is 755 g/mol. The largest absolute Gasteiger partial charge is 0.394 e. The van der Waals surface area contributed by atoms with Crippen molar-refractivity contribution in [1.82, 2.24) is 5.32 Å². The summed E-state index contributed by atoms with van der Waals surface area (Å²) in [6.45, 7) is 3.79. The zero-order valence-electron chi connectivity index (χ0n) is 39.2. The summed E-state index contributed by atoms with van der Waals surface area (Å²) >= 11 is 0. The van der Waals surface area contributed by atoms with Crippen LogP contribution in [0.4, 0.5) is 0 Å². The van der Waals surface area contributed by atoms with Gasteiger partial charge in [-0.15, -0.1) is 0 Å². The van der Waals surface area contributed by atoms with Crippen molar-refractivity contribution in [1.29, 1.82) is 0 Å². The lowest BCUT2D eigenvalue weighted by Gasteiger charge is -2.40. The van der Waals surface area contributed by atoms with E-state index >= 15 is 0 Å². The van der Waals surface area contributed by atoms with E-state index in [4.69, 9.17) is 9.47 Å². The molecule has 0 aromatic heterocycles. The van der Waals surface area contributed by atoms with Gasteiger partial charge in [-0.1, -0.05) is 238 Å². The number of unbranched alkanes of at least 4 members (excludes halogenated alkanes) is 34. The highest BCUT2D eigenvalue weighted by atomic mass is 16.7. The summed E-state index contributed by atoms with van der Waals surface area (Å²) in [5, 5.41) is 54.3. The van der Waals surface area contributed by atoms with Gasteiger partial charge in [0.05, 0.1) is 25.4 Å². The van der Waals surface area contributed by atoms with Gasteiger partial charge < -0.3 is 40.3 Å². The highest BCUT2D eigenvalue weighted by Gasteiger charge is 2.44. The molecule has 0 bridgehead atoms. The molecule has 60 heavy (non-hydrogen) atoms. The molecule has 0 spiro atoms. The lowest BCUT2D eigenvalue weighted by atomic mass is 9.99. The maximum Gasteiger partial charge on any atom is 0.220 e. The van der Waals surface area contributed by atoms with Gasteiger partial charge in [0.1, 0.15) is 24.4 Å². The average Bonchev–Trinajstić information content (AvgIpc) is 3.25. The Morgan fingerprint density at radius 3 is 1.30 bits per heavy atom. The van der Waals surface area contributed by atoms with E-state index in [9.17, 15) is 30.3 Å². The minimum absolute atomic E-state index is 0.172. The van der Waals surface area contributed by atoms with Crippen LogP contribution in [-0.2, 0) is 14.3 Å². The van der Waals surface area contributed by atoms with Crippen molar-refractivity contribution in [2.45, 2.75) is 294 Å². The molecule has 6 N–H and O–H groups in total. The molecule has 2 unspecified atom stereocenters. The van der Waals surface area contributed by atoms with Gasteiger partial charge in [0, 0.05) is 6.42 Å². The first kappa shape index (κ1) is 56.9. The number of hydrogen-bond acceptors (Lipinski definition) is 8. The number of allylic oxidation sites excluding steroid dienone is 1. The van der Waals surface area contributed by atoms with Crippen LogP contribution in [0, 0.1) is 0 Å². The standard InChI is InChI=1S/C51H99NO8/c1-3-5-7-9-11-13-15-17-18-19-20-21-22-23-24-25-26-27-29-31-33-35-37-39-41-47(55)52-44(43-59-51-50(58)49(57)48(56)46(42-53)60-51)45(54)40-38-36-34-32-30-28-16-14-12-10-8-6-4-2/h38,40,44-46,48-51,53-54,56-58H,3-37,39,41-43H2,1-2H3,(H,52,55)/b40-38+/t44-,45+,46+,48-,49?,50?,51+/m0/s1. The first-order chi connectivity index (χ1) is 29.3. The van der Waals surface area contributed by atoms with Gasteiger partial charge in [-0.25, -0.2) is 0 Å². The summed E-state index contributed by atoms with van der Waals surface area (Å²) in [4.78, 5) is 13.0. The van der Waals surface area contributed by atoms with E-state index < -0.39 is 49.5 Å². The Morgan fingerprint density at radius 2 is 0.917 bits per heavy atom. The predicted octanol–water partition coefficient (Wildman–Crippen LogP) is 11.7. The summed E-state index contributed by atoms with van der Waals surface area (Å²) in [5.74, 6) is -0.172. The second kappa shape index (κ2) is 41.9. The number of aliphatic hydroxyl groups excluding tert-OH is 5. The third-order valence-corrected chi connectivity index (χ3v) is 12.6. The maximum atomic E-state index is 13.0. The third kappa shape index (κ3) is 31.7. The van der Waals surface area contributed by atoms with Crippen LogP contribution in [0.5, 0.6) is 0 Å². The smallest absolute Gasteiger partial charge is 0.220 e. The molecule has 0 saturated carbocycles. The van der Waals surface area contributed by atoms with Crippen LogP contribution >= 0.6 is 0 Å². The number of hydrogen-bond donors (Lipinski definition) is 6. The fourth-order valence-electron chi connectivity index (χ4n) is 8.45. The van der Waals surface area contributed by atoms with Crippen LogP contribution in [0.25, 0.3) is 0 Å². The monoisotopic (exact) mass is 854 g/mol. The molecule has 1 fully saturated rings. The molecular formula is C51H99NO8. The zero-order chi connectivity index (χ0) is 43.7. The Labute approximate surface area is 369 Å². The molecule has 7 atom stereocenters. The highest BCUT2D eigenvalue weighted by Crippen LogP contribution is 2.23. The molecule has 0 aromatic carbocycles. The van der Waals surface area contributed by atoms with Crippen LogP contribution in [0.3, 0.4) is 0 Å². The van der Waals surface area contributed by atoms with Gasteiger partial charge in [-0.2, -0.15) is 0 Å². The van der Waals surface area contributed by atoms with Crippen LogP contribution in [0.1, 0.15) is 251 Å². The molecule has 0 aliphatic carbocycles. The first-order valence-electron chi connectivity index (χ1n) is 25.9. The molecule has 9 nitrogen and oxygen atoms in total. The minimum atomic E-state index is -1.56. The van der Waals surface area contributed by atoms with Crippen molar-refractivity contribution in [2.24, 2.45) is 0 Å².